The van der Waals surface area contributed by atoms with Gasteiger partial charge in [-0.15, -0.1) is 0 Å². The normalized spacial score (nSPS) is 10.5. The lowest BCUT2D eigenvalue weighted by molar-refractivity contribution is 0.823. The van der Waals surface area contributed by atoms with Gasteiger partial charge in [-0.25, -0.2) is 4.98 Å². The Bertz CT molecular complexity index is 567. The van der Waals surface area contributed by atoms with Crippen molar-refractivity contribution in [3.05, 3.63) is 34.9 Å². The van der Waals surface area contributed by atoms with Crippen molar-refractivity contribution in [1.82, 2.24) is 9.97 Å². The predicted octanol–water partition coefficient (Wildman–Crippen LogP) is 3.33. The maximum Gasteiger partial charge on any atom is 0.227 e. The highest BCUT2D eigenvalue weighted by Gasteiger charge is 2.10. The summed E-state index contributed by atoms with van der Waals surface area (Å²) in [4.78, 5) is 10.9. The molecule has 2 rings (SSSR count). The average Bonchev–Trinajstić information content (AvgIpc) is 2.40. The second kappa shape index (κ2) is 6.02. The fourth-order valence-electron chi connectivity index (χ4n) is 1.92. The van der Waals surface area contributed by atoms with Crippen LogP contribution in [0.15, 0.2) is 34.9 Å². The summed E-state index contributed by atoms with van der Waals surface area (Å²) in [7, 11) is 0. The first kappa shape index (κ1) is 13.8. The van der Waals surface area contributed by atoms with Crippen LogP contribution in [0.1, 0.15) is 13.8 Å². The molecule has 0 radical (unpaired) electrons. The molecule has 2 aromatic rings. The molecule has 0 saturated heterocycles. The number of benzene rings is 1. The van der Waals surface area contributed by atoms with Gasteiger partial charge in [0.2, 0.25) is 5.95 Å². The molecule has 0 fully saturated rings. The van der Waals surface area contributed by atoms with Crippen molar-refractivity contribution in [2.45, 2.75) is 13.8 Å². The van der Waals surface area contributed by atoms with Gasteiger partial charge in [-0.2, -0.15) is 4.98 Å². The molecule has 1 aromatic heterocycles. The lowest BCUT2D eigenvalue weighted by Crippen LogP contribution is -2.24. The number of aromatic nitrogens is 2. The first-order valence-electron chi connectivity index (χ1n) is 6.29. The summed E-state index contributed by atoms with van der Waals surface area (Å²) in [6.07, 6.45) is 1.79. The molecule has 5 heteroatoms. The zero-order valence-corrected chi connectivity index (χ0v) is 12.7. The first-order chi connectivity index (χ1) is 9.15. The van der Waals surface area contributed by atoms with Crippen LogP contribution in [-0.4, -0.2) is 23.1 Å². The lowest BCUT2D eigenvalue weighted by Gasteiger charge is -2.19. The molecular formula is C14H17BrN4. The van der Waals surface area contributed by atoms with Crippen molar-refractivity contribution in [3.63, 3.8) is 0 Å². The van der Waals surface area contributed by atoms with E-state index >= 15 is 0 Å². The number of anilines is 2. The fraction of sp³-hybridized carbons (Fsp3) is 0.286. The first-order valence-corrected chi connectivity index (χ1v) is 7.08. The molecule has 0 bridgehead atoms. The van der Waals surface area contributed by atoms with E-state index < -0.39 is 0 Å². The van der Waals surface area contributed by atoms with Gasteiger partial charge in [-0.05, 0) is 31.5 Å². The second-order valence-corrected chi connectivity index (χ2v) is 5.07. The smallest absolute Gasteiger partial charge is 0.227 e. The molecular weight excluding hydrogens is 304 g/mol. The van der Waals surface area contributed by atoms with Crippen LogP contribution in [0.3, 0.4) is 0 Å². The number of hydrogen-bond donors (Lipinski definition) is 1. The summed E-state index contributed by atoms with van der Waals surface area (Å²) in [6.45, 7) is 5.88. The quantitative estimate of drug-likeness (QED) is 0.938. The molecule has 4 nitrogen and oxygen atoms in total. The number of rotatable bonds is 4. The molecule has 100 valence electrons. The van der Waals surface area contributed by atoms with Gasteiger partial charge < -0.3 is 10.6 Å². The Morgan fingerprint density at radius 3 is 2.58 bits per heavy atom. The molecule has 0 aliphatic heterocycles. The Morgan fingerprint density at radius 2 is 2.00 bits per heavy atom. The molecule has 0 aliphatic rings. The van der Waals surface area contributed by atoms with Gasteiger partial charge in [0.25, 0.3) is 0 Å². The van der Waals surface area contributed by atoms with Crippen LogP contribution in [0, 0.1) is 0 Å². The van der Waals surface area contributed by atoms with Crippen molar-refractivity contribution >= 4 is 27.7 Å². The van der Waals surface area contributed by atoms with E-state index in [0.29, 0.717) is 11.8 Å². The SMILES string of the molecule is CCN(CC)c1ncc(-c2cccc(Br)c2)c(N)n1. The molecule has 0 unspecified atom stereocenters. The molecule has 0 atom stereocenters. The van der Waals surface area contributed by atoms with Crippen molar-refractivity contribution in [1.29, 1.82) is 0 Å². The standard InChI is InChI=1S/C14H17BrN4/c1-3-19(4-2)14-17-9-12(13(16)18-14)10-6-5-7-11(15)8-10/h5-9H,3-4H2,1-2H3,(H2,16,17,18). The van der Waals surface area contributed by atoms with Crippen LogP contribution >= 0.6 is 15.9 Å². The number of nitrogen functional groups attached to an aromatic ring is 1. The highest BCUT2D eigenvalue weighted by molar-refractivity contribution is 9.10. The Morgan fingerprint density at radius 1 is 1.26 bits per heavy atom. The molecule has 0 saturated carbocycles. The van der Waals surface area contributed by atoms with Crippen LogP contribution in [-0.2, 0) is 0 Å². The third-order valence-electron chi connectivity index (χ3n) is 2.99. The van der Waals surface area contributed by atoms with Gasteiger partial charge in [0.05, 0.1) is 0 Å². The fourth-order valence-corrected chi connectivity index (χ4v) is 2.32. The van der Waals surface area contributed by atoms with Crippen molar-refractivity contribution < 1.29 is 0 Å². The number of nitrogens with zero attached hydrogens (tertiary/aromatic N) is 3. The van der Waals surface area contributed by atoms with E-state index in [1.807, 2.05) is 24.3 Å². The predicted molar refractivity (Wildman–Crippen MR) is 83.1 cm³/mol. The van der Waals surface area contributed by atoms with E-state index in [1.54, 1.807) is 6.20 Å². The van der Waals surface area contributed by atoms with Crippen LogP contribution < -0.4 is 10.6 Å². The van der Waals surface area contributed by atoms with Gasteiger partial charge in [0, 0.05) is 29.3 Å². The summed E-state index contributed by atoms with van der Waals surface area (Å²) < 4.78 is 1.01. The van der Waals surface area contributed by atoms with Crippen LogP contribution in [0.5, 0.6) is 0 Å². The Labute approximate surface area is 121 Å². The zero-order valence-electron chi connectivity index (χ0n) is 11.1. The van der Waals surface area contributed by atoms with E-state index in [0.717, 1.165) is 28.7 Å². The number of nitrogens with two attached hydrogens (primary N) is 1. The van der Waals surface area contributed by atoms with Gasteiger partial charge in [0.15, 0.2) is 0 Å². The minimum absolute atomic E-state index is 0.509. The Hall–Kier alpha value is -1.62. The van der Waals surface area contributed by atoms with Gasteiger partial charge in [-0.1, -0.05) is 28.1 Å². The van der Waals surface area contributed by atoms with E-state index in [9.17, 15) is 0 Å². The van der Waals surface area contributed by atoms with Gasteiger partial charge in [-0.3, -0.25) is 0 Å². The molecule has 1 aromatic carbocycles. The number of hydrogen-bond acceptors (Lipinski definition) is 4. The summed E-state index contributed by atoms with van der Waals surface area (Å²) in [5.74, 6) is 1.19. The Balaban J connectivity index is 2.39. The molecule has 0 spiro atoms. The second-order valence-electron chi connectivity index (χ2n) is 4.15. The third-order valence-corrected chi connectivity index (χ3v) is 3.48. The summed E-state index contributed by atoms with van der Waals surface area (Å²) in [5.41, 5.74) is 7.93. The minimum atomic E-state index is 0.509. The van der Waals surface area contributed by atoms with E-state index in [2.05, 4.69) is 44.6 Å². The summed E-state index contributed by atoms with van der Waals surface area (Å²) in [6, 6.07) is 7.95. The maximum absolute atomic E-state index is 6.06. The summed E-state index contributed by atoms with van der Waals surface area (Å²) >= 11 is 3.45. The minimum Gasteiger partial charge on any atom is -0.383 e. The molecule has 2 N–H and O–H groups in total. The largest absolute Gasteiger partial charge is 0.383 e. The van der Waals surface area contributed by atoms with Crippen LogP contribution in [0.4, 0.5) is 11.8 Å². The van der Waals surface area contributed by atoms with Gasteiger partial charge >= 0.3 is 0 Å². The highest BCUT2D eigenvalue weighted by atomic mass is 79.9. The summed E-state index contributed by atoms with van der Waals surface area (Å²) in [5, 5.41) is 0. The molecule has 19 heavy (non-hydrogen) atoms. The number of halogens is 1. The third kappa shape index (κ3) is 3.04. The monoisotopic (exact) mass is 320 g/mol. The molecule has 0 amide bonds. The molecule has 0 aliphatic carbocycles. The van der Waals surface area contributed by atoms with Crippen molar-refractivity contribution in [2.75, 3.05) is 23.7 Å². The van der Waals surface area contributed by atoms with Crippen molar-refractivity contribution in [2.24, 2.45) is 0 Å². The van der Waals surface area contributed by atoms with Crippen LogP contribution in [0.25, 0.3) is 11.1 Å². The van der Waals surface area contributed by atoms with Gasteiger partial charge in [0.1, 0.15) is 5.82 Å². The van der Waals surface area contributed by atoms with Crippen molar-refractivity contribution in [3.8, 4) is 11.1 Å². The topological polar surface area (TPSA) is 55.0 Å². The maximum atomic E-state index is 6.06. The lowest BCUT2D eigenvalue weighted by atomic mass is 10.1. The highest BCUT2D eigenvalue weighted by Crippen LogP contribution is 2.27. The van der Waals surface area contributed by atoms with Crippen LogP contribution in [0.2, 0.25) is 0 Å². The van der Waals surface area contributed by atoms with E-state index in [1.165, 1.54) is 0 Å². The molecule has 1 heterocycles. The van der Waals surface area contributed by atoms with E-state index in [4.69, 9.17) is 5.73 Å². The Kier molecular flexibility index (Phi) is 4.37. The zero-order chi connectivity index (χ0) is 13.8. The van der Waals surface area contributed by atoms with E-state index in [-0.39, 0.29) is 0 Å². The average molecular weight is 321 g/mol.